The van der Waals surface area contributed by atoms with Gasteiger partial charge in [-0.25, -0.2) is 0 Å². The summed E-state index contributed by atoms with van der Waals surface area (Å²) in [7, 11) is 0. The highest BCUT2D eigenvalue weighted by atomic mass is 16.4. The van der Waals surface area contributed by atoms with Crippen molar-refractivity contribution in [3.63, 3.8) is 0 Å². The number of carbonyl (C=O) groups is 1. The summed E-state index contributed by atoms with van der Waals surface area (Å²) in [5.74, 6) is 0.0831. The molecule has 0 rings (SSSR count). The van der Waals surface area contributed by atoms with Crippen LogP contribution in [0.25, 0.3) is 0 Å². The first kappa shape index (κ1) is 22.5. The first-order chi connectivity index (χ1) is 11.1. The highest BCUT2D eigenvalue weighted by Gasteiger charge is 2.09. The molecule has 0 bridgehead atoms. The van der Waals surface area contributed by atoms with Crippen LogP contribution in [0.2, 0.25) is 0 Å². The number of carboxylic acids is 1. The zero-order valence-electron chi connectivity index (χ0n) is 16.1. The van der Waals surface area contributed by atoms with E-state index in [0.717, 1.165) is 18.8 Å². The highest BCUT2D eigenvalue weighted by molar-refractivity contribution is 5.69. The maximum atomic E-state index is 10.7. The number of carboxylic acid groups (broad SMARTS) is 1. The van der Waals surface area contributed by atoms with Gasteiger partial charge in [0.15, 0.2) is 0 Å². The fourth-order valence-electron chi connectivity index (χ4n) is 3.19. The predicted molar refractivity (Wildman–Crippen MR) is 101 cm³/mol. The molecule has 0 aliphatic carbocycles. The minimum atomic E-state index is -0.649. The summed E-state index contributed by atoms with van der Waals surface area (Å²) in [6.45, 7) is 6.51. The quantitative estimate of drug-likeness (QED) is 0.287. The number of aliphatic carboxylic acids is 1. The van der Waals surface area contributed by atoms with Crippen molar-refractivity contribution in [1.82, 2.24) is 0 Å². The monoisotopic (exact) mass is 326 g/mol. The van der Waals surface area contributed by atoms with Gasteiger partial charge in [-0.3, -0.25) is 4.79 Å². The molecule has 0 saturated heterocycles. The van der Waals surface area contributed by atoms with E-state index in [-0.39, 0.29) is 5.92 Å². The molecule has 0 amide bonds. The summed E-state index contributed by atoms with van der Waals surface area (Å²) in [4.78, 5) is 10.7. The van der Waals surface area contributed by atoms with E-state index < -0.39 is 5.97 Å². The second kappa shape index (κ2) is 16.3. The van der Waals surface area contributed by atoms with Gasteiger partial charge in [0.1, 0.15) is 0 Å². The normalized spacial score (nSPS) is 13.9. The number of hydrogen-bond acceptors (Lipinski definition) is 1. The molecule has 0 aromatic heterocycles. The summed E-state index contributed by atoms with van der Waals surface area (Å²) in [6.07, 6.45) is 19.7. The number of rotatable bonds is 17. The van der Waals surface area contributed by atoms with Gasteiger partial charge in [-0.15, -0.1) is 0 Å². The summed E-state index contributed by atoms with van der Waals surface area (Å²) < 4.78 is 0. The van der Waals surface area contributed by atoms with Gasteiger partial charge in [-0.05, 0) is 12.3 Å². The fraction of sp³-hybridized carbons (Fsp3) is 0.952. The van der Waals surface area contributed by atoms with Crippen molar-refractivity contribution in [3.05, 3.63) is 0 Å². The summed E-state index contributed by atoms with van der Waals surface area (Å²) in [6, 6.07) is 0. The molecule has 0 radical (unpaired) electrons. The Bertz CT molecular complexity index is 263. The van der Waals surface area contributed by atoms with E-state index >= 15 is 0 Å². The Labute approximate surface area is 145 Å². The average molecular weight is 327 g/mol. The van der Waals surface area contributed by atoms with Crippen molar-refractivity contribution in [2.75, 3.05) is 0 Å². The van der Waals surface area contributed by atoms with Crippen molar-refractivity contribution in [1.29, 1.82) is 0 Å². The lowest BCUT2D eigenvalue weighted by Crippen LogP contribution is -2.08. The van der Waals surface area contributed by atoms with Crippen molar-refractivity contribution in [2.24, 2.45) is 11.8 Å². The minimum absolute atomic E-state index is 0.169. The predicted octanol–water partition coefficient (Wildman–Crippen LogP) is 7.21. The van der Waals surface area contributed by atoms with Gasteiger partial charge in [-0.2, -0.15) is 0 Å². The zero-order valence-corrected chi connectivity index (χ0v) is 16.1. The average Bonchev–Trinajstić information content (AvgIpc) is 2.52. The molecular formula is C21H42O2. The van der Waals surface area contributed by atoms with E-state index in [1.54, 1.807) is 0 Å². The summed E-state index contributed by atoms with van der Waals surface area (Å²) >= 11 is 0. The molecule has 0 aliphatic rings. The zero-order chi connectivity index (χ0) is 17.3. The molecule has 138 valence electrons. The smallest absolute Gasteiger partial charge is 0.306 e. The Balaban J connectivity index is 3.23. The molecule has 2 heteroatoms. The third-order valence-corrected chi connectivity index (χ3v) is 5.06. The van der Waals surface area contributed by atoms with Gasteiger partial charge < -0.3 is 5.11 Å². The van der Waals surface area contributed by atoms with E-state index in [1.807, 2.05) is 6.92 Å². The Kier molecular flexibility index (Phi) is 16.0. The molecule has 2 atom stereocenters. The summed E-state index contributed by atoms with van der Waals surface area (Å²) in [5, 5.41) is 8.82. The summed E-state index contributed by atoms with van der Waals surface area (Å²) in [5.41, 5.74) is 0. The van der Waals surface area contributed by atoms with Crippen molar-refractivity contribution in [2.45, 2.75) is 117 Å². The lowest BCUT2D eigenvalue weighted by Gasteiger charge is -2.11. The van der Waals surface area contributed by atoms with Crippen LogP contribution in [-0.4, -0.2) is 11.1 Å². The maximum absolute atomic E-state index is 10.7. The minimum Gasteiger partial charge on any atom is -0.481 e. The molecule has 23 heavy (non-hydrogen) atoms. The second-order valence-electron chi connectivity index (χ2n) is 7.60. The van der Waals surface area contributed by atoms with Crippen LogP contribution >= 0.6 is 0 Å². The van der Waals surface area contributed by atoms with Crippen LogP contribution in [-0.2, 0) is 4.79 Å². The fourth-order valence-corrected chi connectivity index (χ4v) is 3.19. The van der Waals surface area contributed by atoms with Gasteiger partial charge in [0.2, 0.25) is 0 Å². The van der Waals surface area contributed by atoms with E-state index in [2.05, 4.69) is 13.8 Å². The lowest BCUT2D eigenvalue weighted by atomic mass is 9.95. The van der Waals surface area contributed by atoms with Crippen molar-refractivity contribution < 1.29 is 9.90 Å². The van der Waals surface area contributed by atoms with Crippen molar-refractivity contribution >= 4 is 5.97 Å². The molecule has 0 aliphatic heterocycles. The van der Waals surface area contributed by atoms with E-state index in [1.165, 1.54) is 83.5 Å². The molecular weight excluding hydrogens is 284 g/mol. The second-order valence-corrected chi connectivity index (χ2v) is 7.60. The van der Waals surface area contributed by atoms with Gasteiger partial charge in [0.25, 0.3) is 0 Å². The van der Waals surface area contributed by atoms with Crippen LogP contribution in [0.5, 0.6) is 0 Å². The molecule has 0 aromatic rings. The Morgan fingerprint density at radius 3 is 1.52 bits per heavy atom. The topological polar surface area (TPSA) is 37.3 Å². The van der Waals surface area contributed by atoms with Crippen LogP contribution in [0.1, 0.15) is 117 Å². The van der Waals surface area contributed by atoms with Gasteiger partial charge >= 0.3 is 5.97 Å². The van der Waals surface area contributed by atoms with E-state index in [4.69, 9.17) is 5.11 Å². The number of unbranched alkanes of at least 4 members (excludes halogenated alkanes) is 10. The lowest BCUT2D eigenvalue weighted by molar-refractivity contribution is -0.141. The molecule has 0 saturated carbocycles. The molecule has 2 unspecified atom stereocenters. The van der Waals surface area contributed by atoms with Gasteiger partial charge in [0.05, 0.1) is 5.92 Å². The van der Waals surface area contributed by atoms with Crippen LogP contribution in [0.4, 0.5) is 0 Å². The molecule has 2 nitrogen and oxygen atoms in total. The van der Waals surface area contributed by atoms with Crippen LogP contribution in [0, 0.1) is 11.8 Å². The Morgan fingerprint density at radius 2 is 1.09 bits per heavy atom. The molecule has 0 spiro atoms. The third kappa shape index (κ3) is 16.1. The van der Waals surface area contributed by atoms with Crippen LogP contribution < -0.4 is 0 Å². The first-order valence-corrected chi connectivity index (χ1v) is 10.3. The van der Waals surface area contributed by atoms with E-state index in [9.17, 15) is 4.79 Å². The Hall–Kier alpha value is -0.530. The van der Waals surface area contributed by atoms with Gasteiger partial charge in [0, 0.05) is 0 Å². The largest absolute Gasteiger partial charge is 0.481 e. The standard InChI is InChI=1S/C21H42O2/c1-4-5-6-7-10-13-16-19(2)17-14-11-8-9-12-15-18-20(3)21(22)23/h19-20H,4-18H2,1-3H3,(H,22,23). The molecule has 0 fully saturated rings. The van der Waals surface area contributed by atoms with Crippen LogP contribution in [0.3, 0.4) is 0 Å². The maximum Gasteiger partial charge on any atom is 0.306 e. The third-order valence-electron chi connectivity index (χ3n) is 5.06. The molecule has 0 aromatic carbocycles. The van der Waals surface area contributed by atoms with Gasteiger partial charge in [-0.1, -0.05) is 111 Å². The molecule has 1 N–H and O–H groups in total. The van der Waals surface area contributed by atoms with Crippen LogP contribution in [0.15, 0.2) is 0 Å². The first-order valence-electron chi connectivity index (χ1n) is 10.3. The molecule has 0 heterocycles. The highest BCUT2D eigenvalue weighted by Crippen LogP contribution is 2.19. The van der Waals surface area contributed by atoms with Crippen molar-refractivity contribution in [3.8, 4) is 0 Å². The number of hydrogen-bond donors (Lipinski definition) is 1. The SMILES string of the molecule is CCCCCCCCC(C)CCCCCCCCC(C)C(=O)O. The van der Waals surface area contributed by atoms with E-state index in [0.29, 0.717) is 0 Å². The Morgan fingerprint density at radius 1 is 0.696 bits per heavy atom.